The molecule has 1 N–H and O–H groups in total. The largest absolute Gasteiger partial charge is 0.355 e. The fraction of sp³-hybridized carbons (Fsp3) is 0.889. The minimum Gasteiger partial charge on any atom is -0.355 e. The van der Waals surface area contributed by atoms with Gasteiger partial charge in [0, 0.05) is 6.04 Å². The van der Waals surface area contributed by atoms with E-state index in [2.05, 4.69) is 26.1 Å². The highest BCUT2D eigenvalue weighted by Gasteiger charge is 2.38. The third-order valence-electron chi connectivity index (χ3n) is 2.27. The standard InChI is InChI=1S/C9H17NO/c1-9(2,3)8(10-6-11)7-4-5-7/h6-8H,4-5H2,1-3H3,(H,10,11). The van der Waals surface area contributed by atoms with Crippen molar-refractivity contribution in [2.75, 3.05) is 0 Å². The van der Waals surface area contributed by atoms with Crippen molar-refractivity contribution in [2.24, 2.45) is 11.3 Å². The number of hydrogen-bond donors (Lipinski definition) is 1. The number of rotatable bonds is 3. The van der Waals surface area contributed by atoms with Crippen LogP contribution in [0.4, 0.5) is 0 Å². The molecule has 1 saturated carbocycles. The van der Waals surface area contributed by atoms with E-state index in [4.69, 9.17) is 0 Å². The molecule has 0 aromatic rings. The topological polar surface area (TPSA) is 29.1 Å². The Morgan fingerprint density at radius 1 is 1.45 bits per heavy atom. The quantitative estimate of drug-likeness (QED) is 0.616. The van der Waals surface area contributed by atoms with Crippen molar-refractivity contribution in [3.05, 3.63) is 0 Å². The molecule has 2 nitrogen and oxygen atoms in total. The van der Waals surface area contributed by atoms with Crippen LogP contribution in [0.3, 0.4) is 0 Å². The molecule has 1 rings (SSSR count). The van der Waals surface area contributed by atoms with Gasteiger partial charge in [-0.05, 0) is 24.2 Å². The summed E-state index contributed by atoms with van der Waals surface area (Å²) in [6.45, 7) is 6.52. The zero-order chi connectivity index (χ0) is 8.48. The van der Waals surface area contributed by atoms with Gasteiger partial charge in [0.05, 0.1) is 0 Å². The van der Waals surface area contributed by atoms with Crippen LogP contribution < -0.4 is 5.32 Å². The van der Waals surface area contributed by atoms with Crippen molar-refractivity contribution < 1.29 is 4.79 Å². The van der Waals surface area contributed by atoms with E-state index < -0.39 is 0 Å². The molecule has 0 aromatic carbocycles. The lowest BCUT2D eigenvalue weighted by atomic mass is 9.84. The van der Waals surface area contributed by atoms with E-state index >= 15 is 0 Å². The van der Waals surface area contributed by atoms with Crippen LogP contribution in [0.25, 0.3) is 0 Å². The SMILES string of the molecule is CC(C)(C)C(NC=O)C1CC1. The van der Waals surface area contributed by atoms with Crippen molar-refractivity contribution in [3.63, 3.8) is 0 Å². The Bertz CT molecular complexity index is 144. The van der Waals surface area contributed by atoms with Gasteiger partial charge in [-0.1, -0.05) is 20.8 Å². The van der Waals surface area contributed by atoms with Gasteiger partial charge in [-0.15, -0.1) is 0 Å². The Morgan fingerprint density at radius 3 is 2.27 bits per heavy atom. The number of carbonyl (C=O) groups excluding carboxylic acids is 1. The van der Waals surface area contributed by atoms with Crippen LogP contribution in [0.5, 0.6) is 0 Å². The summed E-state index contributed by atoms with van der Waals surface area (Å²) >= 11 is 0. The predicted molar refractivity (Wildman–Crippen MR) is 45.2 cm³/mol. The van der Waals surface area contributed by atoms with E-state index in [0.717, 1.165) is 12.3 Å². The maximum atomic E-state index is 10.3. The molecular formula is C9H17NO. The molecule has 0 radical (unpaired) electrons. The molecule has 1 fully saturated rings. The summed E-state index contributed by atoms with van der Waals surface area (Å²) < 4.78 is 0. The summed E-state index contributed by atoms with van der Waals surface area (Å²) in [6.07, 6.45) is 3.39. The fourth-order valence-electron chi connectivity index (χ4n) is 1.60. The normalized spacial score (nSPS) is 21.0. The van der Waals surface area contributed by atoms with Gasteiger partial charge in [-0.2, -0.15) is 0 Å². The minimum atomic E-state index is 0.210. The lowest BCUT2D eigenvalue weighted by Crippen LogP contribution is -2.41. The van der Waals surface area contributed by atoms with E-state index in [1.807, 2.05) is 0 Å². The second-order valence-electron chi connectivity index (χ2n) is 4.47. The molecule has 11 heavy (non-hydrogen) atoms. The Balaban J connectivity index is 2.50. The van der Waals surface area contributed by atoms with Gasteiger partial charge >= 0.3 is 0 Å². The average Bonchev–Trinajstić information content (AvgIpc) is 2.61. The zero-order valence-electron chi connectivity index (χ0n) is 7.55. The lowest BCUT2D eigenvalue weighted by molar-refractivity contribution is -0.111. The third-order valence-corrected chi connectivity index (χ3v) is 2.27. The lowest BCUT2D eigenvalue weighted by Gasteiger charge is -2.30. The Morgan fingerprint density at radius 2 is 2.00 bits per heavy atom. The molecule has 1 aliphatic carbocycles. The molecule has 0 aromatic heterocycles. The molecule has 2 heteroatoms. The molecule has 0 spiro atoms. The summed E-state index contributed by atoms with van der Waals surface area (Å²) in [5.41, 5.74) is 0.210. The second-order valence-corrected chi connectivity index (χ2v) is 4.47. The zero-order valence-corrected chi connectivity index (χ0v) is 7.55. The summed E-state index contributed by atoms with van der Waals surface area (Å²) in [7, 11) is 0. The molecule has 0 aliphatic heterocycles. The molecule has 1 aliphatic rings. The Kier molecular flexibility index (Phi) is 2.21. The van der Waals surface area contributed by atoms with Gasteiger partial charge < -0.3 is 5.32 Å². The molecule has 1 unspecified atom stereocenters. The smallest absolute Gasteiger partial charge is 0.207 e. The van der Waals surface area contributed by atoms with E-state index in [0.29, 0.717) is 6.04 Å². The summed E-state index contributed by atoms with van der Waals surface area (Å²) in [6, 6.07) is 0.375. The van der Waals surface area contributed by atoms with Gasteiger partial charge in [0.2, 0.25) is 6.41 Å². The number of nitrogens with one attached hydrogen (secondary N) is 1. The predicted octanol–water partition coefficient (Wildman–Crippen LogP) is 1.56. The van der Waals surface area contributed by atoms with Crippen LogP contribution in [0.2, 0.25) is 0 Å². The highest BCUT2D eigenvalue weighted by atomic mass is 16.1. The van der Waals surface area contributed by atoms with Crippen LogP contribution in [-0.2, 0) is 4.79 Å². The van der Waals surface area contributed by atoms with Crippen molar-refractivity contribution in [3.8, 4) is 0 Å². The van der Waals surface area contributed by atoms with Crippen LogP contribution in [0.15, 0.2) is 0 Å². The highest BCUT2D eigenvalue weighted by Crippen LogP contribution is 2.39. The monoisotopic (exact) mass is 155 g/mol. The maximum Gasteiger partial charge on any atom is 0.207 e. The average molecular weight is 155 g/mol. The molecule has 1 atom stereocenters. The van der Waals surface area contributed by atoms with Gasteiger partial charge in [0.25, 0.3) is 0 Å². The van der Waals surface area contributed by atoms with Crippen molar-refractivity contribution in [1.82, 2.24) is 5.32 Å². The Hall–Kier alpha value is -0.530. The highest BCUT2D eigenvalue weighted by molar-refractivity contribution is 5.47. The molecule has 0 heterocycles. The summed E-state index contributed by atoms with van der Waals surface area (Å²) in [4.78, 5) is 10.3. The number of amides is 1. The van der Waals surface area contributed by atoms with Crippen molar-refractivity contribution in [1.29, 1.82) is 0 Å². The van der Waals surface area contributed by atoms with E-state index in [1.54, 1.807) is 0 Å². The molecule has 0 saturated heterocycles. The van der Waals surface area contributed by atoms with Crippen LogP contribution in [0, 0.1) is 11.3 Å². The van der Waals surface area contributed by atoms with Gasteiger partial charge in [-0.3, -0.25) is 4.79 Å². The summed E-state index contributed by atoms with van der Waals surface area (Å²) in [5.74, 6) is 0.736. The van der Waals surface area contributed by atoms with Gasteiger partial charge in [-0.25, -0.2) is 0 Å². The van der Waals surface area contributed by atoms with Crippen LogP contribution >= 0.6 is 0 Å². The van der Waals surface area contributed by atoms with Gasteiger partial charge in [0.1, 0.15) is 0 Å². The molecule has 1 amide bonds. The fourth-order valence-corrected chi connectivity index (χ4v) is 1.60. The first kappa shape index (κ1) is 8.57. The van der Waals surface area contributed by atoms with Gasteiger partial charge in [0.15, 0.2) is 0 Å². The number of carbonyl (C=O) groups is 1. The first-order valence-corrected chi connectivity index (χ1v) is 4.25. The minimum absolute atomic E-state index is 0.210. The first-order chi connectivity index (χ1) is 5.05. The first-order valence-electron chi connectivity index (χ1n) is 4.25. The maximum absolute atomic E-state index is 10.3. The Labute approximate surface area is 68.4 Å². The molecular weight excluding hydrogens is 138 g/mol. The van der Waals surface area contributed by atoms with Crippen LogP contribution in [0.1, 0.15) is 33.6 Å². The third kappa shape index (κ3) is 2.21. The van der Waals surface area contributed by atoms with E-state index in [-0.39, 0.29) is 5.41 Å². The second kappa shape index (κ2) is 2.84. The molecule has 64 valence electrons. The van der Waals surface area contributed by atoms with Crippen LogP contribution in [-0.4, -0.2) is 12.5 Å². The van der Waals surface area contributed by atoms with E-state index in [9.17, 15) is 4.79 Å². The van der Waals surface area contributed by atoms with Crippen molar-refractivity contribution >= 4 is 6.41 Å². The van der Waals surface area contributed by atoms with Crippen molar-refractivity contribution in [2.45, 2.75) is 39.7 Å². The number of hydrogen-bond acceptors (Lipinski definition) is 1. The summed E-state index contributed by atoms with van der Waals surface area (Å²) in [5, 5.41) is 2.90. The molecule has 0 bridgehead atoms. The van der Waals surface area contributed by atoms with E-state index in [1.165, 1.54) is 12.8 Å².